The van der Waals surface area contributed by atoms with Crippen LogP contribution in [0.15, 0.2) is 103 Å². The Morgan fingerprint density at radius 2 is 1.14 bits per heavy atom. The summed E-state index contributed by atoms with van der Waals surface area (Å²) in [6.45, 7) is 2.19. The first-order valence-corrected chi connectivity index (χ1v) is 10.1. The van der Waals surface area contributed by atoms with Gasteiger partial charge in [-0.15, -0.1) is 0 Å². The van der Waals surface area contributed by atoms with Gasteiger partial charge in [0.05, 0.1) is 0 Å². The molecule has 0 aromatic heterocycles. The van der Waals surface area contributed by atoms with Crippen molar-refractivity contribution in [1.82, 2.24) is 0 Å². The first kappa shape index (κ1) is 16.3. The van der Waals surface area contributed by atoms with Gasteiger partial charge in [0.25, 0.3) is 0 Å². The van der Waals surface area contributed by atoms with Crippen molar-refractivity contribution in [2.45, 2.75) is 6.92 Å². The molecule has 0 saturated carbocycles. The van der Waals surface area contributed by atoms with Gasteiger partial charge in [0.1, 0.15) is 0 Å². The van der Waals surface area contributed by atoms with E-state index in [-0.39, 0.29) is 0 Å². The molecule has 0 aliphatic rings. The topological polar surface area (TPSA) is 0 Å². The Labute approximate surface area is 170 Å². The Morgan fingerprint density at radius 1 is 0.448 bits per heavy atom. The highest BCUT2D eigenvalue weighted by Crippen LogP contribution is 2.40. The number of aryl methyl sites for hydroxylation is 1. The molecule has 0 saturated heterocycles. The van der Waals surface area contributed by atoms with Crippen LogP contribution in [0.25, 0.3) is 54.6 Å². The minimum Gasteiger partial charge on any atom is -0.0622 e. The summed E-state index contributed by atoms with van der Waals surface area (Å²) >= 11 is 0. The van der Waals surface area contributed by atoms with Crippen LogP contribution in [-0.2, 0) is 0 Å². The quantitative estimate of drug-likeness (QED) is 0.270. The normalized spacial score (nSPS) is 11.6. The fourth-order valence-corrected chi connectivity index (χ4v) is 4.71. The minimum atomic E-state index is 1.27. The van der Waals surface area contributed by atoms with Gasteiger partial charge >= 0.3 is 0 Å². The molecule has 0 amide bonds. The van der Waals surface area contributed by atoms with Crippen molar-refractivity contribution in [3.63, 3.8) is 0 Å². The number of hydrogen-bond donors (Lipinski definition) is 0. The summed E-state index contributed by atoms with van der Waals surface area (Å²) in [5.74, 6) is 0. The molecule has 6 aromatic rings. The molecular formula is C29H20. The first-order chi connectivity index (χ1) is 14.3. The Balaban J connectivity index is 1.66. The molecule has 0 spiro atoms. The molecule has 6 rings (SSSR count). The van der Waals surface area contributed by atoms with Gasteiger partial charge in [-0.05, 0) is 73.1 Å². The number of benzene rings is 6. The molecule has 136 valence electrons. The fourth-order valence-electron chi connectivity index (χ4n) is 4.71. The zero-order valence-corrected chi connectivity index (χ0v) is 16.3. The predicted octanol–water partition coefficient (Wildman–Crippen LogP) is 8.23. The van der Waals surface area contributed by atoms with Crippen molar-refractivity contribution in [1.29, 1.82) is 0 Å². The Morgan fingerprint density at radius 3 is 1.93 bits per heavy atom. The Kier molecular flexibility index (Phi) is 3.48. The molecule has 0 nitrogen and oxygen atoms in total. The summed E-state index contributed by atoms with van der Waals surface area (Å²) in [5, 5.41) is 8.01. The molecule has 0 aliphatic carbocycles. The molecule has 29 heavy (non-hydrogen) atoms. The summed E-state index contributed by atoms with van der Waals surface area (Å²) < 4.78 is 0. The van der Waals surface area contributed by atoms with E-state index in [0.29, 0.717) is 0 Å². The first-order valence-electron chi connectivity index (χ1n) is 10.1. The highest BCUT2D eigenvalue weighted by Gasteiger charge is 2.13. The van der Waals surface area contributed by atoms with Crippen molar-refractivity contribution < 1.29 is 0 Å². The maximum absolute atomic E-state index is 2.34. The van der Waals surface area contributed by atoms with Crippen LogP contribution in [0.4, 0.5) is 0 Å². The van der Waals surface area contributed by atoms with Crippen molar-refractivity contribution in [2.24, 2.45) is 0 Å². The van der Waals surface area contributed by atoms with Gasteiger partial charge in [0, 0.05) is 0 Å². The van der Waals surface area contributed by atoms with Gasteiger partial charge in [-0.1, -0.05) is 97.1 Å². The van der Waals surface area contributed by atoms with Crippen LogP contribution in [0.1, 0.15) is 5.56 Å². The maximum atomic E-state index is 2.34. The molecule has 0 fully saturated rings. The maximum Gasteiger partial charge on any atom is -0.00206 e. The van der Waals surface area contributed by atoms with Gasteiger partial charge in [-0.25, -0.2) is 0 Å². The Bertz CT molecular complexity index is 1470. The Hall–Kier alpha value is -3.64. The van der Waals surface area contributed by atoms with E-state index < -0.39 is 0 Å². The second kappa shape index (κ2) is 6.18. The van der Waals surface area contributed by atoms with Gasteiger partial charge in [0.15, 0.2) is 0 Å². The summed E-state index contributed by atoms with van der Waals surface area (Å²) in [6.07, 6.45) is 0. The zero-order chi connectivity index (χ0) is 19.4. The van der Waals surface area contributed by atoms with E-state index >= 15 is 0 Å². The zero-order valence-electron chi connectivity index (χ0n) is 16.3. The molecule has 0 N–H and O–H groups in total. The third-order valence-corrected chi connectivity index (χ3v) is 6.16. The highest BCUT2D eigenvalue weighted by atomic mass is 14.2. The van der Waals surface area contributed by atoms with Gasteiger partial charge in [0.2, 0.25) is 0 Å². The van der Waals surface area contributed by atoms with Crippen LogP contribution >= 0.6 is 0 Å². The molecule has 0 radical (unpaired) electrons. The standard InChI is InChI=1S/C29H20/c1-19-10-11-24(18-27(19)20-6-3-2-4-7-20)25-16-14-23-13-12-21-8-5-9-22-15-17-26(25)29(23)28(21)22/h2-18H,1H3. The smallest absolute Gasteiger partial charge is 0.00206 e. The fraction of sp³-hybridized carbons (Fsp3) is 0.0345. The van der Waals surface area contributed by atoms with Crippen molar-refractivity contribution >= 4 is 32.3 Å². The van der Waals surface area contributed by atoms with E-state index in [1.54, 1.807) is 0 Å². The lowest BCUT2D eigenvalue weighted by molar-refractivity contribution is 1.46. The second-order valence-corrected chi connectivity index (χ2v) is 7.86. The van der Waals surface area contributed by atoms with E-state index in [1.165, 1.54) is 60.1 Å². The molecular weight excluding hydrogens is 348 g/mol. The number of rotatable bonds is 2. The van der Waals surface area contributed by atoms with E-state index in [2.05, 4.69) is 110 Å². The van der Waals surface area contributed by atoms with E-state index in [0.717, 1.165) is 0 Å². The van der Waals surface area contributed by atoms with Crippen LogP contribution in [0, 0.1) is 6.92 Å². The SMILES string of the molecule is Cc1ccc(-c2ccc3ccc4cccc5ccc2c3c45)cc1-c1ccccc1. The lowest BCUT2D eigenvalue weighted by Gasteiger charge is -2.15. The largest absolute Gasteiger partial charge is 0.0622 e. The number of hydrogen-bond acceptors (Lipinski definition) is 0. The summed E-state index contributed by atoms with van der Waals surface area (Å²) in [6, 6.07) is 37.7. The molecule has 0 atom stereocenters. The van der Waals surface area contributed by atoms with E-state index in [1.807, 2.05) is 0 Å². The average Bonchev–Trinajstić information content (AvgIpc) is 2.78. The molecule has 0 unspecified atom stereocenters. The van der Waals surface area contributed by atoms with Crippen LogP contribution in [0.3, 0.4) is 0 Å². The van der Waals surface area contributed by atoms with Gasteiger partial charge in [-0.2, -0.15) is 0 Å². The highest BCUT2D eigenvalue weighted by molar-refractivity contribution is 6.25. The molecule has 0 bridgehead atoms. The van der Waals surface area contributed by atoms with Crippen LogP contribution in [-0.4, -0.2) is 0 Å². The van der Waals surface area contributed by atoms with Crippen molar-refractivity contribution in [3.05, 3.63) is 109 Å². The van der Waals surface area contributed by atoms with Crippen molar-refractivity contribution in [3.8, 4) is 22.3 Å². The van der Waals surface area contributed by atoms with E-state index in [9.17, 15) is 0 Å². The van der Waals surface area contributed by atoms with Gasteiger partial charge in [-0.3, -0.25) is 0 Å². The predicted molar refractivity (Wildman–Crippen MR) is 126 cm³/mol. The van der Waals surface area contributed by atoms with Crippen molar-refractivity contribution in [2.75, 3.05) is 0 Å². The monoisotopic (exact) mass is 368 g/mol. The van der Waals surface area contributed by atoms with E-state index in [4.69, 9.17) is 0 Å². The van der Waals surface area contributed by atoms with Crippen LogP contribution < -0.4 is 0 Å². The van der Waals surface area contributed by atoms with Gasteiger partial charge < -0.3 is 0 Å². The lowest BCUT2D eigenvalue weighted by Crippen LogP contribution is -1.89. The summed E-state index contributed by atoms with van der Waals surface area (Å²) in [5.41, 5.74) is 6.44. The molecule has 0 aliphatic heterocycles. The molecule has 0 heteroatoms. The van der Waals surface area contributed by atoms with Crippen LogP contribution in [0.2, 0.25) is 0 Å². The second-order valence-electron chi connectivity index (χ2n) is 7.86. The third kappa shape index (κ3) is 2.46. The summed E-state index contributed by atoms with van der Waals surface area (Å²) in [7, 11) is 0. The van der Waals surface area contributed by atoms with Crippen LogP contribution in [0.5, 0.6) is 0 Å². The lowest BCUT2D eigenvalue weighted by atomic mass is 9.88. The summed E-state index contributed by atoms with van der Waals surface area (Å²) in [4.78, 5) is 0. The third-order valence-electron chi connectivity index (χ3n) is 6.16. The average molecular weight is 368 g/mol. The minimum absolute atomic E-state index is 1.27. The molecule has 0 heterocycles. The molecule has 6 aromatic carbocycles.